The molecule has 1 N–H and O–H groups in total. The zero-order chi connectivity index (χ0) is 41.5. The number of carbonyl (C=O) groups excluding carboxylic acids is 3. The number of Topliss-reactive ketones (excluding diaryl/α,β-unsaturated/α-hetero) is 1. The highest BCUT2D eigenvalue weighted by Crippen LogP contribution is 2.60. The highest BCUT2D eigenvalue weighted by atomic mass is 28.4. The number of allylic oxidation sites excluding steroid dienone is 5. The Morgan fingerprint density at radius 2 is 1.77 bits per heavy atom. The highest BCUT2D eigenvalue weighted by Gasteiger charge is 2.61. The highest BCUT2D eigenvalue weighted by molar-refractivity contribution is 6.74. The third kappa shape index (κ3) is 9.44. The molecule has 0 radical (unpaired) electrons. The summed E-state index contributed by atoms with van der Waals surface area (Å²) in [5.74, 6) is -2.62. The molecule has 1 aromatic carbocycles. The number of esters is 2. The maximum Gasteiger partial charge on any atom is 0.388 e. The van der Waals surface area contributed by atoms with Crippen LogP contribution in [0, 0.1) is 28.6 Å². The number of rotatable bonds is 17. The number of aliphatic hydroxyl groups is 1. The van der Waals surface area contributed by atoms with E-state index in [0.29, 0.717) is 36.1 Å². The van der Waals surface area contributed by atoms with Crippen molar-refractivity contribution in [2.24, 2.45) is 23.2 Å². The van der Waals surface area contributed by atoms with Gasteiger partial charge in [-0.1, -0.05) is 76.1 Å². The van der Waals surface area contributed by atoms with Crippen LogP contribution in [0.2, 0.25) is 18.1 Å². The molecule has 1 unspecified atom stereocenters. The summed E-state index contributed by atoms with van der Waals surface area (Å²) in [6.45, 7) is 14.5. The van der Waals surface area contributed by atoms with Crippen molar-refractivity contribution in [3.05, 3.63) is 93.9 Å². The number of ether oxygens (including phenoxy) is 4. The molecule has 0 spiro atoms. The summed E-state index contributed by atoms with van der Waals surface area (Å²) in [5.41, 5.74) is 0.220. The number of aliphatic hydroxyl groups excluding tert-OH is 1. The van der Waals surface area contributed by atoms with E-state index in [0.717, 1.165) is 31.9 Å². The summed E-state index contributed by atoms with van der Waals surface area (Å²) in [4.78, 5) is 45.3. The van der Waals surface area contributed by atoms with Gasteiger partial charge < -0.3 is 28.5 Å². The second-order valence-corrected chi connectivity index (χ2v) is 22.0. The summed E-state index contributed by atoms with van der Waals surface area (Å²) in [6, 6.07) is 7.27. The summed E-state index contributed by atoms with van der Waals surface area (Å²) in [5, 5.41) is 21.4. The largest absolute Gasteiger partial charge is 0.505 e. The fourth-order valence-corrected chi connectivity index (χ4v) is 9.86. The average Bonchev–Trinajstić information content (AvgIpc) is 3.29. The number of unbranched alkanes of at least 4 members (excludes halogenated alkanes) is 3. The van der Waals surface area contributed by atoms with Gasteiger partial charge in [0.25, 0.3) is 0 Å². The molecule has 2 aliphatic carbocycles. The van der Waals surface area contributed by atoms with Crippen LogP contribution in [0.15, 0.2) is 83.3 Å². The molecule has 57 heavy (non-hydrogen) atoms. The molecule has 2 aliphatic heterocycles. The SMILES string of the molecule is C/C=C/CCCCC[C@@H]1C=C2[C@@H]3OC(c4ccc(OC)cc4)OC[C@@]2(/C(O)=C\[N+]#N)CC2=C(C(=O)OC2=O)[C@@H]3[C@H]1C[C@@H](O[Si](C)(C)C(C)(C)C)C(=O)CC/C=C/C. The normalized spacial score (nSPS) is 27.1. The van der Waals surface area contributed by atoms with Gasteiger partial charge in [-0.2, -0.15) is 0 Å². The first-order chi connectivity index (χ1) is 27.1. The number of carbonyl (C=O) groups is 3. The Bertz CT molecular complexity index is 1850. The second kappa shape index (κ2) is 18.6. The van der Waals surface area contributed by atoms with Crippen molar-refractivity contribution in [2.75, 3.05) is 13.7 Å². The van der Waals surface area contributed by atoms with E-state index in [1.54, 1.807) is 19.2 Å². The molecule has 4 aliphatic rings. The molecule has 0 amide bonds. The molecular weight excluding hydrogens is 741 g/mol. The summed E-state index contributed by atoms with van der Waals surface area (Å²) >= 11 is 0. The first kappa shape index (κ1) is 44.0. The van der Waals surface area contributed by atoms with E-state index in [1.165, 1.54) is 0 Å². The number of diazo groups is 1. The Balaban J connectivity index is 1.73. The van der Waals surface area contributed by atoms with E-state index >= 15 is 0 Å². The maximum absolute atomic E-state index is 14.4. The number of fused-ring (bicyclic) bond motifs is 1. The lowest BCUT2D eigenvalue weighted by molar-refractivity contribution is -0.173. The van der Waals surface area contributed by atoms with E-state index in [1.807, 2.05) is 38.1 Å². The lowest BCUT2D eigenvalue weighted by atomic mass is 9.61. The fourth-order valence-electron chi connectivity index (χ4n) is 8.56. The maximum atomic E-state index is 14.4. The second-order valence-electron chi connectivity index (χ2n) is 17.3. The molecule has 0 saturated carbocycles. The number of methoxy groups -OCH3 is 1. The summed E-state index contributed by atoms with van der Waals surface area (Å²) in [7, 11) is -0.927. The van der Waals surface area contributed by atoms with Crippen LogP contribution in [0.4, 0.5) is 0 Å². The Labute approximate surface area is 339 Å². The van der Waals surface area contributed by atoms with E-state index in [4.69, 9.17) is 23.4 Å². The van der Waals surface area contributed by atoms with Gasteiger partial charge in [0.2, 0.25) is 5.39 Å². The van der Waals surface area contributed by atoms with Crippen molar-refractivity contribution in [3.63, 3.8) is 0 Å². The molecular formula is C45H61N2O9Si+. The number of nitrogens with zero attached hydrogens (tertiary/aromatic N) is 2. The van der Waals surface area contributed by atoms with Crippen LogP contribution < -0.4 is 4.74 Å². The van der Waals surface area contributed by atoms with Gasteiger partial charge in [0.15, 0.2) is 31.1 Å². The molecule has 11 nitrogen and oxygen atoms in total. The molecule has 12 heteroatoms. The van der Waals surface area contributed by atoms with Gasteiger partial charge in [0.05, 0.1) is 30.8 Å². The standard InChI is InChI=1S/C45H60N2O9Si/c1-9-11-13-14-15-17-18-30-24-34-40-38(32(30)25-36(35(48)19-16-12-10-2)56-57(7,8)44(3,4)5)39-33(41(50)55-42(39)51)26-45(34,37(49)27-47-46)28-53-43(54-40)29-20-22-31(52-6)23-21-29/h9-12,20-24,27,30,32,36,38,40,43H,13-19,25-26,28H2,1-8H3/p+1/b11-9+,12-10+,37-27+/t30-,32+,36-,38+,40+,43?,45+/m1/s1. The zero-order valence-corrected chi connectivity index (χ0v) is 35.9. The monoisotopic (exact) mass is 801 g/mol. The van der Waals surface area contributed by atoms with Crippen LogP contribution in [0.1, 0.15) is 104 Å². The Hall–Kier alpha value is -4.15. The lowest BCUT2D eigenvalue weighted by Crippen LogP contribution is -2.49. The molecule has 1 fully saturated rings. The number of cyclic esters (lactones) is 2. The van der Waals surface area contributed by atoms with E-state index in [2.05, 4.69) is 57.1 Å². The molecule has 1 saturated heterocycles. The average molecular weight is 802 g/mol. The third-order valence-electron chi connectivity index (χ3n) is 12.7. The van der Waals surface area contributed by atoms with Crippen molar-refractivity contribution in [1.29, 1.82) is 5.39 Å². The number of benzene rings is 1. The predicted octanol–water partition coefficient (Wildman–Crippen LogP) is 10.2. The summed E-state index contributed by atoms with van der Waals surface area (Å²) < 4.78 is 31.4. The van der Waals surface area contributed by atoms with Gasteiger partial charge in [-0.3, -0.25) is 4.79 Å². The van der Waals surface area contributed by atoms with Gasteiger partial charge in [0, 0.05) is 23.5 Å². The molecule has 7 atom stereocenters. The van der Waals surface area contributed by atoms with Crippen LogP contribution in [-0.2, 0) is 33.0 Å². The van der Waals surface area contributed by atoms with Crippen LogP contribution in [0.5, 0.6) is 5.75 Å². The first-order valence-electron chi connectivity index (χ1n) is 20.4. The topological polar surface area (TPSA) is 146 Å². The van der Waals surface area contributed by atoms with Crippen molar-refractivity contribution >= 4 is 26.0 Å². The summed E-state index contributed by atoms with van der Waals surface area (Å²) in [6.07, 6.45) is 14.1. The van der Waals surface area contributed by atoms with Gasteiger partial charge in [0.1, 0.15) is 11.9 Å². The van der Waals surface area contributed by atoms with Crippen LogP contribution in [0.3, 0.4) is 0 Å². The van der Waals surface area contributed by atoms with Crippen LogP contribution in [0.25, 0.3) is 4.98 Å². The molecule has 0 aromatic heterocycles. The first-order valence-corrected chi connectivity index (χ1v) is 23.3. The Kier molecular flexibility index (Phi) is 14.4. The Morgan fingerprint density at radius 1 is 1.07 bits per heavy atom. The lowest BCUT2D eigenvalue weighted by Gasteiger charge is -2.46. The molecule has 4 bridgehead atoms. The van der Waals surface area contributed by atoms with Gasteiger partial charge in [-0.25, -0.2) is 9.59 Å². The molecule has 1 aromatic rings. The zero-order valence-electron chi connectivity index (χ0n) is 34.9. The quantitative estimate of drug-likeness (QED) is 0.0307. The number of hydrogen-bond donors (Lipinski definition) is 1. The van der Waals surface area contributed by atoms with Crippen molar-refractivity contribution in [2.45, 2.75) is 129 Å². The van der Waals surface area contributed by atoms with Crippen molar-refractivity contribution in [1.82, 2.24) is 0 Å². The minimum absolute atomic E-state index is 0.00795. The third-order valence-corrected chi connectivity index (χ3v) is 17.2. The molecule has 308 valence electrons. The van der Waals surface area contributed by atoms with E-state index in [-0.39, 0.29) is 53.1 Å². The predicted molar refractivity (Wildman–Crippen MR) is 220 cm³/mol. The van der Waals surface area contributed by atoms with Gasteiger partial charge in [-0.15, -0.1) is 0 Å². The number of hydrogen-bond acceptors (Lipinski definition) is 10. The smallest absolute Gasteiger partial charge is 0.388 e. The van der Waals surface area contributed by atoms with Crippen LogP contribution in [-0.4, -0.2) is 57.1 Å². The minimum atomic E-state index is -2.51. The minimum Gasteiger partial charge on any atom is -0.505 e. The van der Waals surface area contributed by atoms with E-state index in [9.17, 15) is 24.9 Å². The van der Waals surface area contributed by atoms with Crippen molar-refractivity contribution in [3.8, 4) is 5.75 Å². The van der Waals surface area contributed by atoms with Gasteiger partial charge >= 0.3 is 18.1 Å². The number of ketones is 1. The van der Waals surface area contributed by atoms with Crippen LogP contribution >= 0.6 is 0 Å². The Morgan fingerprint density at radius 3 is 2.42 bits per heavy atom. The van der Waals surface area contributed by atoms with Crippen molar-refractivity contribution < 1.29 is 42.9 Å². The van der Waals surface area contributed by atoms with Gasteiger partial charge in [-0.05, 0) is 100 Å². The van der Waals surface area contributed by atoms with E-state index < -0.39 is 56.0 Å². The molecule has 5 rings (SSSR count). The molecule has 2 heterocycles. The fraction of sp³-hybridized carbons (Fsp3) is 0.578.